The maximum Gasteiger partial charge on any atom is 0.251 e. The van der Waals surface area contributed by atoms with Crippen LogP contribution in [0, 0.1) is 0 Å². The number of hydrogen-bond donors (Lipinski definition) is 2. The first-order valence-corrected chi connectivity index (χ1v) is 7.96. The van der Waals surface area contributed by atoms with Gasteiger partial charge in [-0.05, 0) is 30.2 Å². The summed E-state index contributed by atoms with van der Waals surface area (Å²) in [4.78, 5) is 24.3. The SMILES string of the molecule is CCc1ccccc1NC(=O)CNC(=O)c1cc(OC)cc(OC)c1. The van der Waals surface area contributed by atoms with Gasteiger partial charge in [-0.2, -0.15) is 0 Å². The third-order valence-electron chi connectivity index (χ3n) is 3.70. The Balaban J connectivity index is 1.98. The second kappa shape index (κ2) is 8.73. The van der Waals surface area contributed by atoms with E-state index < -0.39 is 0 Å². The monoisotopic (exact) mass is 342 g/mol. The van der Waals surface area contributed by atoms with Gasteiger partial charge in [0.1, 0.15) is 11.5 Å². The van der Waals surface area contributed by atoms with Crippen molar-refractivity contribution in [3.05, 3.63) is 53.6 Å². The first-order chi connectivity index (χ1) is 12.1. The fourth-order valence-electron chi connectivity index (χ4n) is 2.35. The van der Waals surface area contributed by atoms with Crippen molar-refractivity contribution in [1.82, 2.24) is 5.32 Å². The second-order valence-electron chi connectivity index (χ2n) is 5.34. The fraction of sp³-hybridized carbons (Fsp3) is 0.263. The Morgan fingerprint density at radius 2 is 1.64 bits per heavy atom. The summed E-state index contributed by atoms with van der Waals surface area (Å²) in [5, 5.41) is 5.41. The molecule has 0 unspecified atom stereocenters. The zero-order valence-electron chi connectivity index (χ0n) is 14.6. The lowest BCUT2D eigenvalue weighted by Gasteiger charge is -2.11. The summed E-state index contributed by atoms with van der Waals surface area (Å²) >= 11 is 0. The van der Waals surface area contributed by atoms with Gasteiger partial charge < -0.3 is 20.1 Å². The first kappa shape index (κ1) is 18.3. The van der Waals surface area contributed by atoms with Crippen LogP contribution in [0.5, 0.6) is 11.5 Å². The number of hydrogen-bond acceptors (Lipinski definition) is 4. The van der Waals surface area contributed by atoms with E-state index in [0.29, 0.717) is 17.1 Å². The number of carbonyl (C=O) groups excluding carboxylic acids is 2. The van der Waals surface area contributed by atoms with Crippen molar-refractivity contribution in [2.24, 2.45) is 0 Å². The Morgan fingerprint density at radius 3 is 2.24 bits per heavy atom. The summed E-state index contributed by atoms with van der Waals surface area (Å²) in [5.41, 5.74) is 2.16. The number of carbonyl (C=O) groups is 2. The summed E-state index contributed by atoms with van der Waals surface area (Å²) in [6.07, 6.45) is 0.812. The standard InChI is InChI=1S/C19H22N2O4/c1-4-13-7-5-6-8-17(13)21-18(22)12-20-19(23)14-9-15(24-2)11-16(10-14)25-3/h5-11H,4,12H2,1-3H3,(H,20,23)(H,21,22). The molecule has 6 heteroatoms. The van der Waals surface area contributed by atoms with Crippen LogP contribution in [-0.4, -0.2) is 32.6 Å². The molecule has 2 N–H and O–H groups in total. The summed E-state index contributed by atoms with van der Waals surface area (Å²) in [6, 6.07) is 12.4. The highest BCUT2D eigenvalue weighted by molar-refractivity contribution is 6.00. The molecule has 0 atom stereocenters. The van der Waals surface area contributed by atoms with Crippen LogP contribution in [0.2, 0.25) is 0 Å². The number of rotatable bonds is 7. The number of amides is 2. The van der Waals surface area contributed by atoms with Gasteiger partial charge >= 0.3 is 0 Å². The lowest BCUT2D eigenvalue weighted by Crippen LogP contribution is -2.33. The number of nitrogens with one attached hydrogen (secondary N) is 2. The molecule has 0 aromatic heterocycles. The number of ether oxygens (including phenoxy) is 2. The van der Waals surface area contributed by atoms with Gasteiger partial charge in [0.15, 0.2) is 0 Å². The van der Waals surface area contributed by atoms with E-state index in [9.17, 15) is 9.59 Å². The third-order valence-corrected chi connectivity index (χ3v) is 3.70. The van der Waals surface area contributed by atoms with Crippen molar-refractivity contribution in [3.63, 3.8) is 0 Å². The first-order valence-electron chi connectivity index (χ1n) is 7.96. The molecule has 2 amide bonds. The molecule has 0 radical (unpaired) electrons. The van der Waals surface area contributed by atoms with Crippen molar-refractivity contribution in [1.29, 1.82) is 0 Å². The smallest absolute Gasteiger partial charge is 0.251 e. The average Bonchev–Trinajstić information content (AvgIpc) is 2.65. The summed E-state index contributed by atoms with van der Waals surface area (Å²) in [5.74, 6) is 0.344. The predicted octanol–water partition coefficient (Wildman–Crippen LogP) is 2.63. The fourth-order valence-corrected chi connectivity index (χ4v) is 2.35. The molecule has 0 heterocycles. The Bertz CT molecular complexity index is 737. The predicted molar refractivity (Wildman–Crippen MR) is 96.3 cm³/mol. The molecule has 0 saturated heterocycles. The molecule has 0 fully saturated rings. The Morgan fingerprint density at radius 1 is 1.00 bits per heavy atom. The summed E-state index contributed by atoms with van der Waals surface area (Å²) in [6.45, 7) is 1.89. The molecular formula is C19H22N2O4. The molecule has 0 bridgehead atoms. The molecule has 0 saturated carbocycles. The normalized spacial score (nSPS) is 10.0. The second-order valence-corrected chi connectivity index (χ2v) is 5.34. The van der Waals surface area contributed by atoms with Crippen LogP contribution in [0.25, 0.3) is 0 Å². The minimum absolute atomic E-state index is 0.129. The van der Waals surface area contributed by atoms with Gasteiger partial charge in [-0.25, -0.2) is 0 Å². The molecule has 6 nitrogen and oxygen atoms in total. The molecule has 2 aromatic rings. The van der Waals surface area contributed by atoms with Gasteiger partial charge in [0.25, 0.3) is 5.91 Å². The lowest BCUT2D eigenvalue weighted by atomic mass is 10.1. The van der Waals surface area contributed by atoms with Gasteiger partial charge in [-0.3, -0.25) is 9.59 Å². The Hall–Kier alpha value is -3.02. The summed E-state index contributed by atoms with van der Waals surface area (Å²) in [7, 11) is 3.02. The van der Waals surface area contributed by atoms with Crippen molar-refractivity contribution >= 4 is 17.5 Å². The van der Waals surface area contributed by atoms with Crippen LogP contribution in [0.4, 0.5) is 5.69 Å². The molecule has 132 valence electrons. The number of para-hydroxylation sites is 1. The highest BCUT2D eigenvalue weighted by Gasteiger charge is 2.12. The molecule has 25 heavy (non-hydrogen) atoms. The van der Waals surface area contributed by atoms with Crippen LogP contribution < -0.4 is 20.1 Å². The van der Waals surface area contributed by atoms with Gasteiger partial charge in [0.2, 0.25) is 5.91 Å². The van der Waals surface area contributed by atoms with E-state index in [0.717, 1.165) is 17.7 Å². The van der Waals surface area contributed by atoms with Gasteiger partial charge in [0, 0.05) is 17.3 Å². The van der Waals surface area contributed by atoms with E-state index >= 15 is 0 Å². The van der Waals surface area contributed by atoms with Crippen LogP contribution >= 0.6 is 0 Å². The molecular weight excluding hydrogens is 320 g/mol. The molecule has 2 rings (SSSR count). The lowest BCUT2D eigenvalue weighted by molar-refractivity contribution is -0.115. The number of methoxy groups -OCH3 is 2. The van der Waals surface area contributed by atoms with E-state index in [1.807, 2.05) is 31.2 Å². The summed E-state index contributed by atoms with van der Waals surface area (Å²) < 4.78 is 10.3. The quantitative estimate of drug-likeness (QED) is 0.811. The largest absolute Gasteiger partial charge is 0.497 e. The topological polar surface area (TPSA) is 76.7 Å². The average molecular weight is 342 g/mol. The van der Waals surface area contributed by atoms with E-state index in [-0.39, 0.29) is 18.4 Å². The molecule has 0 aliphatic heterocycles. The van der Waals surface area contributed by atoms with E-state index in [4.69, 9.17) is 9.47 Å². The van der Waals surface area contributed by atoms with Gasteiger partial charge in [0.05, 0.1) is 20.8 Å². The van der Waals surface area contributed by atoms with Crippen LogP contribution in [0.1, 0.15) is 22.8 Å². The van der Waals surface area contributed by atoms with Crippen LogP contribution in [-0.2, 0) is 11.2 Å². The van der Waals surface area contributed by atoms with Crippen LogP contribution in [0.3, 0.4) is 0 Å². The maximum atomic E-state index is 12.3. The van der Waals surface area contributed by atoms with Crippen molar-refractivity contribution in [2.45, 2.75) is 13.3 Å². The molecule has 0 aliphatic rings. The zero-order valence-corrected chi connectivity index (χ0v) is 14.6. The van der Waals surface area contributed by atoms with E-state index in [2.05, 4.69) is 10.6 Å². The van der Waals surface area contributed by atoms with Crippen LogP contribution in [0.15, 0.2) is 42.5 Å². The highest BCUT2D eigenvalue weighted by atomic mass is 16.5. The zero-order chi connectivity index (χ0) is 18.2. The van der Waals surface area contributed by atoms with E-state index in [1.54, 1.807) is 18.2 Å². The Labute approximate surface area is 147 Å². The number of benzene rings is 2. The van der Waals surface area contributed by atoms with Gasteiger partial charge in [-0.15, -0.1) is 0 Å². The highest BCUT2D eigenvalue weighted by Crippen LogP contribution is 2.22. The molecule has 0 aliphatic carbocycles. The minimum Gasteiger partial charge on any atom is -0.497 e. The van der Waals surface area contributed by atoms with Crippen molar-refractivity contribution in [3.8, 4) is 11.5 Å². The maximum absolute atomic E-state index is 12.3. The van der Waals surface area contributed by atoms with E-state index in [1.165, 1.54) is 14.2 Å². The Kier molecular flexibility index (Phi) is 6.39. The van der Waals surface area contributed by atoms with Crippen molar-refractivity contribution in [2.75, 3.05) is 26.1 Å². The molecule has 2 aromatic carbocycles. The number of anilines is 1. The number of aryl methyl sites for hydroxylation is 1. The minimum atomic E-state index is -0.379. The third kappa shape index (κ3) is 4.97. The van der Waals surface area contributed by atoms with Gasteiger partial charge in [-0.1, -0.05) is 25.1 Å². The van der Waals surface area contributed by atoms with Crippen molar-refractivity contribution < 1.29 is 19.1 Å². The molecule has 0 spiro atoms.